The minimum atomic E-state index is -0.0293. The fourth-order valence-electron chi connectivity index (χ4n) is 2.52. The standard InChI is InChI=1S/C12H21ClN4O/c1-8(2)17-4-5-18-9(6-14)11(17)12-15-7-10(13)16(12)3/h7-9,11H,4-6,14H2,1-3H3. The summed E-state index contributed by atoms with van der Waals surface area (Å²) in [5.74, 6) is 0.920. The van der Waals surface area contributed by atoms with Gasteiger partial charge in [-0.2, -0.15) is 0 Å². The first kappa shape index (κ1) is 13.8. The molecule has 6 heteroatoms. The van der Waals surface area contributed by atoms with Crippen LogP contribution in [0.5, 0.6) is 0 Å². The van der Waals surface area contributed by atoms with Crippen molar-refractivity contribution in [2.75, 3.05) is 19.7 Å². The Hall–Kier alpha value is -0.620. The van der Waals surface area contributed by atoms with Gasteiger partial charge >= 0.3 is 0 Å². The molecule has 0 bridgehead atoms. The van der Waals surface area contributed by atoms with Gasteiger partial charge in [0, 0.05) is 26.2 Å². The highest BCUT2D eigenvalue weighted by molar-refractivity contribution is 6.29. The zero-order valence-electron chi connectivity index (χ0n) is 11.1. The van der Waals surface area contributed by atoms with Crippen molar-refractivity contribution in [1.82, 2.24) is 14.5 Å². The molecule has 1 aliphatic rings. The summed E-state index contributed by atoms with van der Waals surface area (Å²) in [5.41, 5.74) is 5.83. The van der Waals surface area contributed by atoms with Gasteiger partial charge in [0.2, 0.25) is 0 Å². The van der Waals surface area contributed by atoms with Crippen LogP contribution in [0, 0.1) is 0 Å². The lowest BCUT2D eigenvalue weighted by molar-refractivity contribution is -0.0824. The number of rotatable bonds is 3. The van der Waals surface area contributed by atoms with Gasteiger partial charge in [0.05, 0.1) is 24.9 Å². The molecule has 2 N–H and O–H groups in total. The normalized spacial score (nSPS) is 25.9. The summed E-state index contributed by atoms with van der Waals surface area (Å²) in [6.07, 6.45) is 1.65. The van der Waals surface area contributed by atoms with E-state index in [1.165, 1.54) is 0 Å². The van der Waals surface area contributed by atoms with Gasteiger partial charge in [-0.1, -0.05) is 11.6 Å². The Morgan fingerprint density at radius 1 is 1.61 bits per heavy atom. The third kappa shape index (κ3) is 2.40. The molecule has 1 aromatic heterocycles. The highest BCUT2D eigenvalue weighted by Crippen LogP contribution is 2.31. The van der Waals surface area contributed by atoms with Crippen molar-refractivity contribution in [3.8, 4) is 0 Å². The van der Waals surface area contributed by atoms with E-state index in [1.54, 1.807) is 6.20 Å². The molecule has 2 rings (SSSR count). The van der Waals surface area contributed by atoms with Crippen molar-refractivity contribution < 1.29 is 4.74 Å². The molecule has 0 saturated carbocycles. The Morgan fingerprint density at radius 2 is 2.33 bits per heavy atom. The summed E-state index contributed by atoms with van der Waals surface area (Å²) >= 11 is 6.08. The van der Waals surface area contributed by atoms with Crippen molar-refractivity contribution in [1.29, 1.82) is 0 Å². The number of hydrogen-bond donors (Lipinski definition) is 1. The van der Waals surface area contributed by atoms with Gasteiger partial charge in [-0.15, -0.1) is 0 Å². The van der Waals surface area contributed by atoms with Gasteiger partial charge < -0.3 is 15.0 Å². The Morgan fingerprint density at radius 3 is 2.83 bits per heavy atom. The van der Waals surface area contributed by atoms with E-state index in [0.29, 0.717) is 24.3 Å². The van der Waals surface area contributed by atoms with Crippen LogP contribution in [0.2, 0.25) is 5.15 Å². The molecule has 0 aliphatic carbocycles. The first-order valence-corrected chi connectivity index (χ1v) is 6.68. The van der Waals surface area contributed by atoms with E-state index in [1.807, 2.05) is 11.6 Å². The zero-order valence-corrected chi connectivity index (χ0v) is 11.9. The number of imidazole rings is 1. The van der Waals surface area contributed by atoms with Crippen molar-refractivity contribution in [2.45, 2.75) is 32.0 Å². The Bertz CT molecular complexity index is 407. The number of aromatic nitrogens is 2. The van der Waals surface area contributed by atoms with E-state index in [2.05, 4.69) is 23.7 Å². The molecule has 1 aliphatic heterocycles. The molecule has 0 aromatic carbocycles. The summed E-state index contributed by atoms with van der Waals surface area (Å²) in [7, 11) is 1.92. The Balaban J connectivity index is 2.36. The molecule has 2 atom stereocenters. The molecule has 2 heterocycles. The van der Waals surface area contributed by atoms with E-state index in [9.17, 15) is 0 Å². The van der Waals surface area contributed by atoms with Crippen LogP contribution in [-0.2, 0) is 11.8 Å². The van der Waals surface area contributed by atoms with Gasteiger partial charge in [0.15, 0.2) is 0 Å². The molecule has 2 unspecified atom stereocenters. The number of morpholine rings is 1. The van der Waals surface area contributed by atoms with Crippen LogP contribution in [0.25, 0.3) is 0 Å². The predicted octanol–water partition coefficient (Wildman–Crippen LogP) is 1.18. The molecule has 0 spiro atoms. The number of nitrogens with two attached hydrogens (primary N) is 1. The lowest BCUT2D eigenvalue weighted by Gasteiger charge is -2.42. The van der Waals surface area contributed by atoms with E-state index < -0.39 is 0 Å². The van der Waals surface area contributed by atoms with Crippen LogP contribution in [0.15, 0.2) is 6.20 Å². The second-order valence-electron chi connectivity index (χ2n) is 4.92. The molecular formula is C12H21ClN4O. The third-order valence-electron chi connectivity index (χ3n) is 3.52. The summed E-state index contributed by atoms with van der Waals surface area (Å²) in [5, 5.41) is 0.634. The lowest BCUT2D eigenvalue weighted by Crippen LogP contribution is -2.51. The van der Waals surface area contributed by atoms with Crippen molar-refractivity contribution in [3.05, 3.63) is 17.2 Å². The third-order valence-corrected chi connectivity index (χ3v) is 3.87. The molecule has 1 saturated heterocycles. The van der Waals surface area contributed by atoms with E-state index >= 15 is 0 Å². The summed E-state index contributed by atoms with van der Waals surface area (Å²) in [4.78, 5) is 6.80. The summed E-state index contributed by atoms with van der Waals surface area (Å²) in [6, 6.07) is 0.490. The molecule has 18 heavy (non-hydrogen) atoms. The highest BCUT2D eigenvalue weighted by Gasteiger charge is 2.36. The molecule has 102 valence electrons. The average Bonchev–Trinajstić information content (AvgIpc) is 2.69. The van der Waals surface area contributed by atoms with Crippen LogP contribution in [0.1, 0.15) is 25.7 Å². The largest absolute Gasteiger partial charge is 0.373 e. The van der Waals surface area contributed by atoms with E-state index in [4.69, 9.17) is 22.1 Å². The minimum Gasteiger partial charge on any atom is -0.373 e. The second kappa shape index (κ2) is 5.57. The quantitative estimate of drug-likeness (QED) is 0.898. The van der Waals surface area contributed by atoms with E-state index in [0.717, 1.165) is 12.4 Å². The van der Waals surface area contributed by atoms with Crippen molar-refractivity contribution >= 4 is 11.6 Å². The topological polar surface area (TPSA) is 56.3 Å². The first-order chi connectivity index (χ1) is 8.56. The fraction of sp³-hybridized carbons (Fsp3) is 0.750. The fourth-order valence-corrected chi connectivity index (χ4v) is 2.66. The molecule has 0 amide bonds. The monoisotopic (exact) mass is 272 g/mol. The SMILES string of the molecule is CC(C)N1CCOC(CN)C1c1ncc(Cl)n1C. The number of ether oxygens (including phenoxy) is 1. The van der Waals surface area contributed by atoms with Crippen LogP contribution >= 0.6 is 11.6 Å². The van der Waals surface area contributed by atoms with Gasteiger partial charge in [0.1, 0.15) is 11.0 Å². The number of hydrogen-bond acceptors (Lipinski definition) is 4. The van der Waals surface area contributed by atoms with E-state index in [-0.39, 0.29) is 12.1 Å². The van der Waals surface area contributed by atoms with Crippen LogP contribution in [0.4, 0.5) is 0 Å². The van der Waals surface area contributed by atoms with Gasteiger partial charge in [-0.05, 0) is 13.8 Å². The minimum absolute atomic E-state index is 0.0293. The van der Waals surface area contributed by atoms with Crippen LogP contribution in [-0.4, -0.2) is 46.3 Å². The first-order valence-electron chi connectivity index (χ1n) is 6.30. The molecule has 5 nitrogen and oxygen atoms in total. The smallest absolute Gasteiger partial charge is 0.129 e. The van der Waals surface area contributed by atoms with Gasteiger partial charge in [-0.25, -0.2) is 4.98 Å². The van der Waals surface area contributed by atoms with Crippen LogP contribution in [0.3, 0.4) is 0 Å². The molecule has 0 radical (unpaired) electrons. The maximum atomic E-state index is 6.08. The molecule has 1 aromatic rings. The van der Waals surface area contributed by atoms with Crippen molar-refractivity contribution in [3.63, 3.8) is 0 Å². The Labute approximate surface area is 113 Å². The van der Waals surface area contributed by atoms with Gasteiger partial charge in [-0.3, -0.25) is 4.90 Å². The summed E-state index contributed by atoms with van der Waals surface area (Å²) in [6.45, 7) is 6.45. The molecular weight excluding hydrogens is 252 g/mol. The Kier molecular flexibility index (Phi) is 4.27. The maximum absolute atomic E-state index is 6.08. The average molecular weight is 273 g/mol. The van der Waals surface area contributed by atoms with Crippen molar-refractivity contribution in [2.24, 2.45) is 12.8 Å². The number of halogens is 1. The molecule has 1 fully saturated rings. The zero-order chi connectivity index (χ0) is 13.3. The number of nitrogens with zero attached hydrogens (tertiary/aromatic N) is 3. The predicted molar refractivity (Wildman–Crippen MR) is 71.6 cm³/mol. The summed E-state index contributed by atoms with van der Waals surface area (Å²) < 4.78 is 7.68. The maximum Gasteiger partial charge on any atom is 0.129 e. The second-order valence-corrected chi connectivity index (χ2v) is 5.31. The highest BCUT2D eigenvalue weighted by atomic mass is 35.5. The van der Waals surface area contributed by atoms with Gasteiger partial charge in [0.25, 0.3) is 0 Å². The lowest BCUT2D eigenvalue weighted by atomic mass is 10.0. The van der Waals surface area contributed by atoms with Crippen LogP contribution < -0.4 is 5.73 Å².